The molecule has 22 heavy (non-hydrogen) atoms. The van der Waals surface area contributed by atoms with E-state index in [4.69, 9.17) is 0 Å². The van der Waals surface area contributed by atoms with E-state index >= 15 is 0 Å². The Kier molecular flexibility index (Phi) is 3.87. The van der Waals surface area contributed by atoms with Crippen LogP contribution >= 0.6 is 0 Å². The second-order valence-corrected chi connectivity index (χ2v) is 5.17. The lowest BCUT2D eigenvalue weighted by molar-refractivity contribution is -0.120. The number of amides is 2. The summed E-state index contributed by atoms with van der Waals surface area (Å²) < 4.78 is 13.8. The standard InChI is InChI=1S/C17H15FN2O2/c18-14-7-2-1-6-13(14)11-4-3-5-12(10-11)16(21)20-15-8-9-19-17(15)22/h1-7,10,15H,8-9H2,(H,19,22)(H,20,21)/t15-/m0/s1. The fraction of sp³-hybridized carbons (Fsp3) is 0.176. The van der Waals surface area contributed by atoms with Gasteiger partial charge in [0.2, 0.25) is 5.91 Å². The van der Waals surface area contributed by atoms with Crippen molar-refractivity contribution in [2.75, 3.05) is 6.54 Å². The fourth-order valence-corrected chi connectivity index (χ4v) is 2.50. The first kappa shape index (κ1) is 14.3. The highest BCUT2D eigenvalue weighted by atomic mass is 19.1. The molecule has 0 aliphatic carbocycles. The van der Waals surface area contributed by atoms with Crippen LogP contribution in [-0.2, 0) is 4.79 Å². The van der Waals surface area contributed by atoms with Crippen molar-refractivity contribution in [1.29, 1.82) is 0 Å². The number of hydrogen-bond donors (Lipinski definition) is 2. The van der Waals surface area contributed by atoms with Crippen molar-refractivity contribution in [3.63, 3.8) is 0 Å². The quantitative estimate of drug-likeness (QED) is 0.912. The minimum Gasteiger partial charge on any atom is -0.354 e. The molecule has 1 aliphatic heterocycles. The maximum absolute atomic E-state index is 13.8. The van der Waals surface area contributed by atoms with Crippen molar-refractivity contribution in [2.24, 2.45) is 0 Å². The molecular formula is C17H15FN2O2. The largest absolute Gasteiger partial charge is 0.354 e. The molecule has 0 bridgehead atoms. The van der Waals surface area contributed by atoms with E-state index < -0.39 is 6.04 Å². The van der Waals surface area contributed by atoms with E-state index in [2.05, 4.69) is 10.6 Å². The summed E-state index contributed by atoms with van der Waals surface area (Å²) in [4.78, 5) is 23.7. The number of carbonyl (C=O) groups is 2. The summed E-state index contributed by atoms with van der Waals surface area (Å²) >= 11 is 0. The summed E-state index contributed by atoms with van der Waals surface area (Å²) in [6.07, 6.45) is 0.581. The predicted octanol–water partition coefficient (Wildman–Crippen LogP) is 2.11. The third kappa shape index (κ3) is 2.83. The molecule has 0 radical (unpaired) electrons. The lowest BCUT2D eigenvalue weighted by atomic mass is 10.0. The molecule has 2 amide bonds. The molecule has 2 aromatic carbocycles. The van der Waals surface area contributed by atoms with Crippen LogP contribution in [0.3, 0.4) is 0 Å². The summed E-state index contributed by atoms with van der Waals surface area (Å²) in [5.74, 6) is -0.839. The van der Waals surface area contributed by atoms with E-state index in [0.29, 0.717) is 29.7 Å². The van der Waals surface area contributed by atoms with Crippen LogP contribution in [0.2, 0.25) is 0 Å². The maximum Gasteiger partial charge on any atom is 0.251 e. The van der Waals surface area contributed by atoms with Crippen LogP contribution in [-0.4, -0.2) is 24.4 Å². The van der Waals surface area contributed by atoms with Crippen LogP contribution < -0.4 is 10.6 Å². The van der Waals surface area contributed by atoms with Gasteiger partial charge in [0.25, 0.3) is 5.91 Å². The van der Waals surface area contributed by atoms with Crippen molar-refractivity contribution in [3.05, 3.63) is 59.9 Å². The first-order chi connectivity index (χ1) is 10.6. The summed E-state index contributed by atoms with van der Waals surface area (Å²) in [5.41, 5.74) is 1.47. The molecule has 112 valence electrons. The Morgan fingerprint density at radius 2 is 2.00 bits per heavy atom. The molecule has 0 aromatic heterocycles. The molecule has 2 N–H and O–H groups in total. The highest BCUT2D eigenvalue weighted by molar-refractivity contribution is 5.98. The second-order valence-electron chi connectivity index (χ2n) is 5.17. The van der Waals surface area contributed by atoms with Crippen molar-refractivity contribution < 1.29 is 14.0 Å². The van der Waals surface area contributed by atoms with Gasteiger partial charge < -0.3 is 10.6 Å². The minimum absolute atomic E-state index is 0.168. The zero-order valence-electron chi connectivity index (χ0n) is 11.8. The normalized spacial score (nSPS) is 17.1. The second kappa shape index (κ2) is 5.97. The van der Waals surface area contributed by atoms with Gasteiger partial charge in [-0.1, -0.05) is 30.3 Å². The SMILES string of the molecule is O=C(N[C@H]1CCNC1=O)c1cccc(-c2ccccc2F)c1. The van der Waals surface area contributed by atoms with Crippen LogP contribution in [0.1, 0.15) is 16.8 Å². The molecule has 1 heterocycles. The Hall–Kier alpha value is -2.69. The van der Waals surface area contributed by atoms with Crippen molar-refractivity contribution in [1.82, 2.24) is 10.6 Å². The molecule has 0 spiro atoms. The van der Waals surface area contributed by atoms with Crippen molar-refractivity contribution in [3.8, 4) is 11.1 Å². The number of halogens is 1. The van der Waals surface area contributed by atoms with E-state index in [0.717, 1.165) is 0 Å². The van der Waals surface area contributed by atoms with E-state index in [9.17, 15) is 14.0 Å². The Labute approximate surface area is 127 Å². The van der Waals surface area contributed by atoms with Gasteiger partial charge in [-0.25, -0.2) is 4.39 Å². The number of rotatable bonds is 3. The lowest BCUT2D eigenvalue weighted by Crippen LogP contribution is -2.40. The number of hydrogen-bond acceptors (Lipinski definition) is 2. The van der Waals surface area contributed by atoms with Gasteiger partial charge >= 0.3 is 0 Å². The molecule has 4 nitrogen and oxygen atoms in total. The van der Waals surface area contributed by atoms with Gasteiger partial charge in [-0.2, -0.15) is 0 Å². The topological polar surface area (TPSA) is 58.2 Å². The molecule has 5 heteroatoms. The molecular weight excluding hydrogens is 283 g/mol. The monoisotopic (exact) mass is 298 g/mol. The molecule has 3 rings (SSSR count). The van der Waals surface area contributed by atoms with Gasteiger partial charge in [0, 0.05) is 17.7 Å². The van der Waals surface area contributed by atoms with E-state index in [1.807, 2.05) is 0 Å². The first-order valence-corrected chi connectivity index (χ1v) is 7.09. The van der Waals surface area contributed by atoms with Gasteiger partial charge in [0.1, 0.15) is 11.9 Å². The third-order valence-corrected chi connectivity index (χ3v) is 3.66. The third-order valence-electron chi connectivity index (χ3n) is 3.66. The Morgan fingerprint density at radius 1 is 1.18 bits per heavy atom. The smallest absolute Gasteiger partial charge is 0.251 e. The molecule has 0 unspecified atom stereocenters. The van der Waals surface area contributed by atoms with Crippen molar-refractivity contribution in [2.45, 2.75) is 12.5 Å². The average molecular weight is 298 g/mol. The van der Waals surface area contributed by atoms with E-state index in [1.54, 1.807) is 42.5 Å². The number of carbonyl (C=O) groups excluding carboxylic acids is 2. The fourth-order valence-electron chi connectivity index (χ4n) is 2.50. The van der Waals surface area contributed by atoms with Gasteiger partial charge in [0.15, 0.2) is 0 Å². The molecule has 1 atom stereocenters. The molecule has 0 saturated carbocycles. The maximum atomic E-state index is 13.8. The highest BCUT2D eigenvalue weighted by Gasteiger charge is 2.25. The zero-order valence-corrected chi connectivity index (χ0v) is 11.8. The molecule has 2 aromatic rings. The van der Waals surface area contributed by atoms with Crippen LogP contribution in [0.25, 0.3) is 11.1 Å². The van der Waals surface area contributed by atoms with Crippen LogP contribution in [0.5, 0.6) is 0 Å². The minimum atomic E-state index is -0.496. The Balaban J connectivity index is 1.83. The highest BCUT2D eigenvalue weighted by Crippen LogP contribution is 2.23. The number of nitrogens with one attached hydrogen (secondary N) is 2. The zero-order chi connectivity index (χ0) is 15.5. The summed E-state index contributed by atoms with van der Waals surface area (Å²) in [6.45, 7) is 0.568. The van der Waals surface area contributed by atoms with Crippen molar-refractivity contribution >= 4 is 11.8 Å². The van der Waals surface area contributed by atoms with Crippen LogP contribution in [0.4, 0.5) is 4.39 Å². The summed E-state index contributed by atoms with van der Waals surface area (Å²) in [5, 5.41) is 5.36. The van der Waals surface area contributed by atoms with Gasteiger partial charge in [-0.3, -0.25) is 9.59 Å². The van der Waals surface area contributed by atoms with Crippen LogP contribution in [0, 0.1) is 5.82 Å². The predicted molar refractivity (Wildman–Crippen MR) is 80.7 cm³/mol. The summed E-state index contributed by atoms with van der Waals surface area (Å²) in [7, 11) is 0. The molecule has 1 saturated heterocycles. The van der Waals surface area contributed by atoms with E-state index in [-0.39, 0.29) is 17.6 Å². The van der Waals surface area contributed by atoms with E-state index in [1.165, 1.54) is 6.07 Å². The number of benzene rings is 2. The summed E-state index contributed by atoms with van der Waals surface area (Å²) in [6, 6.07) is 12.6. The van der Waals surface area contributed by atoms with Gasteiger partial charge in [-0.15, -0.1) is 0 Å². The lowest BCUT2D eigenvalue weighted by Gasteiger charge is -2.11. The van der Waals surface area contributed by atoms with Crippen LogP contribution in [0.15, 0.2) is 48.5 Å². The van der Waals surface area contributed by atoms with Gasteiger partial charge in [-0.05, 0) is 30.2 Å². The molecule has 1 aliphatic rings. The molecule has 1 fully saturated rings. The Bertz CT molecular complexity index is 730. The Morgan fingerprint density at radius 3 is 2.73 bits per heavy atom. The first-order valence-electron chi connectivity index (χ1n) is 7.09. The average Bonchev–Trinajstić information content (AvgIpc) is 2.93. The van der Waals surface area contributed by atoms with Gasteiger partial charge in [0.05, 0.1) is 0 Å².